The van der Waals surface area contributed by atoms with Crippen molar-refractivity contribution in [2.45, 2.75) is 26.2 Å². The van der Waals surface area contributed by atoms with E-state index in [2.05, 4.69) is 6.92 Å². The minimum absolute atomic E-state index is 0.193. The number of carbonyl (C=O) groups is 1. The Morgan fingerprint density at radius 2 is 2.09 bits per heavy atom. The van der Waals surface area contributed by atoms with Crippen molar-refractivity contribution in [1.82, 2.24) is 4.90 Å². The van der Waals surface area contributed by atoms with Crippen molar-refractivity contribution in [3.8, 4) is 0 Å². The summed E-state index contributed by atoms with van der Waals surface area (Å²) >= 11 is 0. The van der Waals surface area contributed by atoms with E-state index in [4.69, 9.17) is 5.11 Å². The number of hydrogen-bond acceptors (Lipinski definition) is 2. The summed E-state index contributed by atoms with van der Waals surface area (Å²) in [6.45, 7) is 2.50. The number of unbranched alkanes of at least 4 members (excludes halogenated alkanes) is 2. The van der Waals surface area contributed by atoms with Gasteiger partial charge in [-0.3, -0.25) is 4.79 Å². The summed E-state index contributed by atoms with van der Waals surface area (Å²) in [4.78, 5) is 12.3. The van der Waals surface area contributed by atoms with Crippen LogP contribution in [0.25, 0.3) is 0 Å². The maximum atomic E-state index is 10.8. The molecule has 0 spiro atoms. The number of aliphatic hydroxyl groups is 1. The second-order valence-electron chi connectivity index (χ2n) is 2.68. The maximum absolute atomic E-state index is 10.8. The van der Waals surface area contributed by atoms with E-state index < -0.39 is 0 Å². The molecule has 0 unspecified atom stereocenters. The van der Waals surface area contributed by atoms with Crippen LogP contribution in [0, 0.1) is 0 Å². The third kappa shape index (κ3) is 4.79. The molecule has 0 aromatic heterocycles. The number of rotatable bonds is 5. The quantitative estimate of drug-likeness (QED) is 0.598. The highest BCUT2D eigenvalue weighted by Gasteiger charge is 2.04. The standard InChI is InChI=1S/C8H17NO2/c1-3-4-5-6-9(2)8(11)7-10/h10H,3-7H2,1-2H3. The summed E-state index contributed by atoms with van der Waals surface area (Å²) in [5.41, 5.74) is 0. The Kier molecular flexibility index (Phi) is 5.84. The smallest absolute Gasteiger partial charge is 0.248 e. The monoisotopic (exact) mass is 159 g/mol. The first-order chi connectivity index (χ1) is 5.22. The Labute approximate surface area is 68.0 Å². The van der Waals surface area contributed by atoms with Crippen LogP contribution in [0.1, 0.15) is 26.2 Å². The van der Waals surface area contributed by atoms with Crippen molar-refractivity contribution in [3.05, 3.63) is 0 Å². The molecule has 0 aromatic carbocycles. The molecule has 3 nitrogen and oxygen atoms in total. The highest BCUT2D eigenvalue weighted by atomic mass is 16.3. The van der Waals surface area contributed by atoms with Gasteiger partial charge in [-0.05, 0) is 6.42 Å². The van der Waals surface area contributed by atoms with Crippen molar-refractivity contribution >= 4 is 5.91 Å². The predicted octanol–water partition coefficient (Wildman–Crippen LogP) is 0.627. The lowest BCUT2D eigenvalue weighted by molar-refractivity contribution is -0.132. The molecule has 0 aliphatic rings. The molecule has 1 N–H and O–H groups in total. The Morgan fingerprint density at radius 3 is 2.55 bits per heavy atom. The lowest BCUT2D eigenvalue weighted by atomic mass is 10.2. The lowest BCUT2D eigenvalue weighted by Crippen LogP contribution is -2.29. The average Bonchev–Trinajstić information content (AvgIpc) is 2.03. The highest BCUT2D eigenvalue weighted by Crippen LogP contribution is 1.95. The molecule has 66 valence electrons. The van der Waals surface area contributed by atoms with Crippen LogP contribution in [0.3, 0.4) is 0 Å². The van der Waals surface area contributed by atoms with Crippen molar-refractivity contribution < 1.29 is 9.90 Å². The predicted molar refractivity (Wildman–Crippen MR) is 44.2 cm³/mol. The molecule has 11 heavy (non-hydrogen) atoms. The van der Waals surface area contributed by atoms with Gasteiger partial charge in [0.05, 0.1) is 0 Å². The zero-order valence-electron chi connectivity index (χ0n) is 7.34. The summed E-state index contributed by atoms with van der Waals surface area (Å²) in [5.74, 6) is -0.193. The van der Waals surface area contributed by atoms with Crippen molar-refractivity contribution in [2.24, 2.45) is 0 Å². The van der Waals surface area contributed by atoms with Crippen LogP contribution in [-0.2, 0) is 4.79 Å². The Hall–Kier alpha value is -0.570. The van der Waals surface area contributed by atoms with E-state index in [1.54, 1.807) is 11.9 Å². The lowest BCUT2D eigenvalue weighted by Gasteiger charge is -2.14. The second kappa shape index (κ2) is 6.16. The largest absolute Gasteiger partial charge is 0.387 e. The molecule has 0 atom stereocenters. The minimum atomic E-state index is -0.372. The molecule has 0 bridgehead atoms. The average molecular weight is 159 g/mol. The fourth-order valence-corrected chi connectivity index (χ4v) is 0.844. The molecule has 3 heteroatoms. The molecule has 0 fully saturated rings. The van der Waals surface area contributed by atoms with Gasteiger partial charge in [-0.2, -0.15) is 0 Å². The number of likely N-dealkylation sites (N-methyl/N-ethyl adjacent to an activating group) is 1. The highest BCUT2D eigenvalue weighted by molar-refractivity contribution is 5.76. The Bertz CT molecular complexity index is 115. The molecule has 0 saturated carbocycles. The molecule has 0 radical (unpaired) electrons. The third-order valence-electron chi connectivity index (χ3n) is 1.66. The molecule has 0 rings (SSSR count). The van der Waals surface area contributed by atoms with E-state index in [0.717, 1.165) is 25.8 Å². The summed E-state index contributed by atoms with van der Waals surface area (Å²) < 4.78 is 0. The summed E-state index contributed by atoms with van der Waals surface area (Å²) in [6, 6.07) is 0. The Balaban J connectivity index is 3.36. The van der Waals surface area contributed by atoms with E-state index in [9.17, 15) is 4.79 Å². The maximum Gasteiger partial charge on any atom is 0.248 e. The first kappa shape index (κ1) is 10.4. The van der Waals surface area contributed by atoms with E-state index in [-0.39, 0.29) is 12.5 Å². The van der Waals surface area contributed by atoms with Crippen molar-refractivity contribution in [3.63, 3.8) is 0 Å². The van der Waals surface area contributed by atoms with Crippen LogP contribution in [0.2, 0.25) is 0 Å². The van der Waals surface area contributed by atoms with E-state index in [0.29, 0.717) is 0 Å². The molecule has 0 aromatic rings. The zero-order chi connectivity index (χ0) is 8.69. The van der Waals surface area contributed by atoms with Gasteiger partial charge in [-0.25, -0.2) is 0 Å². The molecule has 0 aliphatic carbocycles. The van der Waals surface area contributed by atoms with Gasteiger partial charge >= 0.3 is 0 Å². The summed E-state index contributed by atoms with van der Waals surface area (Å²) in [7, 11) is 1.72. The van der Waals surface area contributed by atoms with Gasteiger partial charge in [0.25, 0.3) is 0 Å². The van der Waals surface area contributed by atoms with E-state index in [1.165, 1.54) is 0 Å². The van der Waals surface area contributed by atoms with Crippen LogP contribution in [-0.4, -0.2) is 36.1 Å². The molecule has 1 amide bonds. The van der Waals surface area contributed by atoms with Gasteiger partial charge in [0, 0.05) is 13.6 Å². The molecular formula is C8H17NO2. The van der Waals surface area contributed by atoms with Crippen LogP contribution in [0.4, 0.5) is 0 Å². The van der Waals surface area contributed by atoms with Crippen LogP contribution in [0.15, 0.2) is 0 Å². The van der Waals surface area contributed by atoms with E-state index in [1.807, 2.05) is 0 Å². The third-order valence-corrected chi connectivity index (χ3v) is 1.66. The summed E-state index contributed by atoms with van der Waals surface area (Å²) in [5, 5.41) is 8.47. The minimum Gasteiger partial charge on any atom is -0.387 e. The number of hydrogen-bond donors (Lipinski definition) is 1. The van der Waals surface area contributed by atoms with E-state index >= 15 is 0 Å². The van der Waals surface area contributed by atoms with Crippen molar-refractivity contribution in [2.75, 3.05) is 20.2 Å². The molecule has 0 heterocycles. The fourth-order valence-electron chi connectivity index (χ4n) is 0.844. The number of aliphatic hydroxyl groups excluding tert-OH is 1. The molecule has 0 aliphatic heterocycles. The Morgan fingerprint density at radius 1 is 1.45 bits per heavy atom. The van der Waals surface area contributed by atoms with Gasteiger partial charge in [0.15, 0.2) is 0 Å². The molecule has 0 saturated heterocycles. The van der Waals surface area contributed by atoms with Crippen LogP contribution >= 0.6 is 0 Å². The topological polar surface area (TPSA) is 40.5 Å². The van der Waals surface area contributed by atoms with Gasteiger partial charge < -0.3 is 10.0 Å². The van der Waals surface area contributed by atoms with Gasteiger partial charge in [0.1, 0.15) is 6.61 Å². The van der Waals surface area contributed by atoms with Crippen molar-refractivity contribution in [1.29, 1.82) is 0 Å². The number of carbonyl (C=O) groups excluding carboxylic acids is 1. The van der Waals surface area contributed by atoms with Gasteiger partial charge in [0.2, 0.25) is 5.91 Å². The van der Waals surface area contributed by atoms with Gasteiger partial charge in [-0.15, -0.1) is 0 Å². The normalized spacial score (nSPS) is 9.73. The molecular weight excluding hydrogens is 142 g/mol. The zero-order valence-corrected chi connectivity index (χ0v) is 7.34. The number of nitrogens with zero attached hydrogens (tertiary/aromatic N) is 1. The van der Waals surface area contributed by atoms with Crippen LogP contribution in [0.5, 0.6) is 0 Å². The fraction of sp³-hybridized carbons (Fsp3) is 0.875. The number of amides is 1. The SMILES string of the molecule is CCCCCN(C)C(=O)CO. The first-order valence-corrected chi connectivity index (χ1v) is 4.07. The van der Waals surface area contributed by atoms with Gasteiger partial charge in [-0.1, -0.05) is 19.8 Å². The summed E-state index contributed by atoms with van der Waals surface area (Å²) in [6.07, 6.45) is 3.32. The second-order valence-corrected chi connectivity index (χ2v) is 2.68. The first-order valence-electron chi connectivity index (χ1n) is 4.07. The van der Waals surface area contributed by atoms with Crippen LogP contribution < -0.4 is 0 Å².